The van der Waals surface area contributed by atoms with Gasteiger partial charge in [-0.1, -0.05) is 6.08 Å². The van der Waals surface area contributed by atoms with E-state index in [1.54, 1.807) is 40.2 Å². The fourth-order valence-electron chi connectivity index (χ4n) is 2.85. The van der Waals surface area contributed by atoms with Crippen molar-refractivity contribution < 1.29 is 9.63 Å². The first-order chi connectivity index (χ1) is 10.3. The number of thiazole rings is 1. The van der Waals surface area contributed by atoms with Gasteiger partial charge in [-0.05, 0) is 0 Å². The van der Waals surface area contributed by atoms with Crippen LogP contribution in [-0.2, 0) is 4.84 Å². The third-order valence-corrected chi connectivity index (χ3v) is 4.64. The minimum atomic E-state index is -0.276. The van der Waals surface area contributed by atoms with Crippen molar-refractivity contribution in [3.05, 3.63) is 47.0 Å². The summed E-state index contributed by atoms with van der Waals surface area (Å²) in [5.41, 5.74) is 2.68. The van der Waals surface area contributed by atoms with Crippen molar-refractivity contribution in [3.8, 4) is 0 Å². The Bertz CT molecular complexity index is 683. The normalized spacial score (nSPS) is 23.5. The van der Waals surface area contributed by atoms with Crippen molar-refractivity contribution in [2.45, 2.75) is 12.1 Å². The number of carbonyl (C=O) groups is 1. The Labute approximate surface area is 124 Å². The van der Waals surface area contributed by atoms with Crippen LogP contribution in [0.4, 0.5) is 4.79 Å². The number of carbonyl (C=O) groups excluding carboxylic acids is 1. The lowest BCUT2D eigenvalue weighted by Crippen LogP contribution is -2.35. The van der Waals surface area contributed by atoms with Gasteiger partial charge in [0.2, 0.25) is 0 Å². The molecule has 2 unspecified atom stereocenters. The summed E-state index contributed by atoms with van der Waals surface area (Å²) in [6, 6.07) is -0.540. The summed E-state index contributed by atoms with van der Waals surface area (Å²) in [5.74, 6) is 0.722. The molecule has 2 atom stereocenters. The van der Waals surface area contributed by atoms with Gasteiger partial charge >= 0.3 is 6.03 Å². The van der Waals surface area contributed by atoms with Crippen LogP contribution in [0.2, 0.25) is 0 Å². The van der Waals surface area contributed by atoms with E-state index in [-0.39, 0.29) is 18.1 Å². The van der Waals surface area contributed by atoms with Crippen LogP contribution in [0.25, 0.3) is 0 Å². The molecule has 1 N–H and O–H groups in total. The van der Waals surface area contributed by atoms with Crippen molar-refractivity contribution >= 4 is 17.4 Å². The lowest BCUT2D eigenvalue weighted by atomic mass is 10.0. The van der Waals surface area contributed by atoms with E-state index in [1.165, 1.54) is 5.06 Å². The summed E-state index contributed by atoms with van der Waals surface area (Å²) < 4.78 is 0. The molecule has 1 saturated heterocycles. The SMILES string of the molecule is C=CCON1C(=O)N2CC1c1scnc1C2c1ncc[nH]1. The molecule has 0 aromatic carbocycles. The molecule has 0 aliphatic carbocycles. The summed E-state index contributed by atoms with van der Waals surface area (Å²) in [6.07, 6.45) is 5.06. The highest BCUT2D eigenvalue weighted by Gasteiger charge is 2.51. The number of aromatic nitrogens is 3. The maximum Gasteiger partial charge on any atom is 0.345 e. The van der Waals surface area contributed by atoms with Crippen LogP contribution in [0.15, 0.2) is 30.6 Å². The highest BCUT2D eigenvalue weighted by Crippen LogP contribution is 2.46. The lowest BCUT2D eigenvalue weighted by molar-refractivity contribution is -0.118. The molecule has 7 nitrogen and oxygen atoms in total. The monoisotopic (exact) mass is 303 g/mol. The van der Waals surface area contributed by atoms with E-state index >= 15 is 0 Å². The van der Waals surface area contributed by atoms with Crippen LogP contribution < -0.4 is 0 Å². The van der Waals surface area contributed by atoms with E-state index in [2.05, 4.69) is 21.5 Å². The third-order valence-electron chi connectivity index (χ3n) is 3.69. The van der Waals surface area contributed by atoms with Crippen LogP contribution >= 0.6 is 11.3 Å². The van der Waals surface area contributed by atoms with Crippen LogP contribution in [0, 0.1) is 0 Å². The molecule has 0 radical (unpaired) electrons. The number of imidazole rings is 1. The number of fused-ring (bicyclic) bond motifs is 4. The molecule has 0 spiro atoms. The van der Waals surface area contributed by atoms with Crippen LogP contribution in [0.5, 0.6) is 0 Å². The molecule has 4 heterocycles. The molecule has 2 aromatic rings. The lowest BCUT2D eigenvalue weighted by Gasteiger charge is -2.28. The van der Waals surface area contributed by atoms with Gasteiger partial charge in [-0.2, -0.15) is 5.06 Å². The summed E-state index contributed by atoms with van der Waals surface area (Å²) in [5, 5.41) is 1.43. The quantitative estimate of drug-likeness (QED) is 0.875. The summed E-state index contributed by atoms with van der Waals surface area (Å²) in [4.78, 5) is 32.8. The Hall–Kier alpha value is -2.19. The van der Waals surface area contributed by atoms with E-state index in [9.17, 15) is 4.79 Å². The molecule has 2 bridgehead atoms. The van der Waals surface area contributed by atoms with Crippen LogP contribution in [0.1, 0.15) is 28.5 Å². The highest BCUT2D eigenvalue weighted by molar-refractivity contribution is 7.09. The van der Waals surface area contributed by atoms with E-state index in [4.69, 9.17) is 4.84 Å². The first-order valence-electron chi connectivity index (χ1n) is 6.57. The fraction of sp³-hybridized carbons (Fsp3) is 0.308. The van der Waals surface area contributed by atoms with Gasteiger partial charge in [0.25, 0.3) is 0 Å². The molecule has 8 heteroatoms. The maximum atomic E-state index is 12.6. The minimum Gasteiger partial charge on any atom is -0.347 e. The Morgan fingerprint density at radius 3 is 3.24 bits per heavy atom. The Morgan fingerprint density at radius 1 is 1.57 bits per heavy atom. The highest BCUT2D eigenvalue weighted by atomic mass is 32.1. The maximum absolute atomic E-state index is 12.6. The molecular weight excluding hydrogens is 290 g/mol. The first-order valence-corrected chi connectivity index (χ1v) is 7.45. The molecule has 2 aliphatic rings. The third kappa shape index (κ3) is 1.72. The first kappa shape index (κ1) is 12.5. The zero-order valence-corrected chi connectivity index (χ0v) is 11.9. The summed E-state index contributed by atoms with van der Waals surface area (Å²) in [6.45, 7) is 4.50. The van der Waals surface area contributed by atoms with Gasteiger partial charge < -0.3 is 9.88 Å². The number of hydrogen-bond donors (Lipinski definition) is 1. The average molecular weight is 303 g/mol. The molecule has 2 aromatic heterocycles. The van der Waals surface area contributed by atoms with Crippen molar-refractivity contribution in [1.82, 2.24) is 24.9 Å². The van der Waals surface area contributed by atoms with Crippen molar-refractivity contribution in [3.63, 3.8) is 0 Å². The predicted octanol–water partition coefficient (Wildman–Crippen LogP) is 1.87. The molecule has 1 fully saturated rings. The number of nitrogens with zero attached hydrogens (tertiary/aromatic N) is 4. The largest absolute Gasteiger partial charge is 0.347 e. The van der Waals surface area contributed by atoms with Gasteiger partial charge in [-0.25, -0.2) is 14.8 Å². The molecule has 21 heavy (non-hydrogen) atoms. The summed E-state index contributed by atoms with van der Waals surface area (Å²) in [7, 11) is 0. The van der Waals surface area contributed by atoms with Gasteiger partial charge in [0.15, 0.2) is 0 Å². The number of hydroxylamine groups is 2. The number of H-pyrrole nitrogens is 1. The number of amides is 2. The fourth-order valence-corrected chi connectivity index (χ4v) is 3.74. The number of urea groups is 1. The van der Waals surface area contributed by atoms with Crippen molar-refractivity contribution in [2.75, 3.05) is 13.2 Å². The second-order valence-corrected chi connectivity index (χ2v) is 5.73. The molecule has 2 aliphatic heterocycles. The Morgan fingerprint density at radius 2 is 2.48 bits per heavy atom. The van der Waals surface area contributed by atoms with Gasteiger partial charge in [0.05, 0.1) is 29.2 Å². The smallest absolute Gasteiger partial charge is 0.345 e. The zero-order chi connectivity index (χ0) is 14.4. The molecular formula is C13H13N5O2S. The number of hydrogen-bond acceptors (Lipinski definition) is 5. The molecule has 4 rings (SSSR count). The van der Waals surface area contributed by atoms with Crippen molar-refractivity contribution in [2.24, 2.45) is 0 Å². The zero-order valence-electron chi connectivity index (χ0n) is 11.1. The van der Waals surface area contributed by atoms with E-state index in [0.717, 1.165) is 16.4 Å². The Kier molecular flexibility index (Phi) is 2.79. The van der Waals surface area contributed by atoms with E-state index in [0.29, 0.717) is 13.2 Å². The average Bonchev–Trinajstić information content (AvgIpc) is 3.21. The van der Waals surface area contributed by atoms with Gasteiger partial charge in [-0.15, -0.1) is 17.9 Å². The summed E-state index contributed by atoms with van der Waals surface area (Å²) >= 11 is 1.55. The number of aromatic amines is 1. The standard InChI is InChI=1S/C13H13N5O2S/c1-2-5-20-18-8-6-17(13(18)19)10(12-14-3-4-15-12)9-11(8)21-7-16-9/h2-4,7-8,10H,1,5-6H2,(H,14,15). The van der Waals surface area contributed by atoms with Crippen molar-refractivity contribution in [1.29, 1.82) is 0 Å². The number of rotatable bonds is 4. The Balaban J connectivity index is 1.78. The topological polar surface area (TPSA) is 74.3 Å². The van der Waals surface area contributed by atoms with Gasteiger partial charge in [-0.3, -0.25) is 4.84 Å². The van der Waals surface area contributed by atoms with Gasteiger partial charge in [0.1, 0.15) is 17.9 Å². The molecule has 108 valence electrons. The second-order valence-electron chi connectivity index (χ2n) is 4.84. The second kappa shape index (κ2) is 4.68. The van der Waals surface area contributed by atoms with E-state index < -0.39 is 0 Å². The van der Waals surface area contributed by atoms with Crippen LogP contribution in [0.3, 0.4) is 0 Å². The number of nitrogens with one attached hydrogen (secondary N) is 1. The molecule has 2 amide bonds. The van der Waals surface area contributed by atoms with Crippen LogP contribution in [-0.4, -0.2) is 44.1 Å². The molecule has 0 saturated carbocycles. The van der Waals surface area contributed by atoms with E-state index in [1.807, 2.05) is 0 Å². The minimum absolute atomic E-state index is 0.105. The van der Waals surface area contributed by atoms with Gasteiger partial charge in [0, 0.05) is 12.4 Å². The predicted molar refractivity (Wildman–Crippen MR) is 75.4 cm³/mol.